The first kappa shape index (κ1) is 13.5. The van der Waals surface area contributed by atoms with E-state index < -0.39 is 23.0 Å². The smallest absolute Gasteiger partial charge is 0.343 e. The van der Waals surface area contributed by atoms with Gasteiger partial charge in [0.25, 0.3) is 0 Å². The average Bonchev–Trinajstić information content (AvgIpc) is 3.26. The summed E-state index contributed by atoms with van der Waals surface area (Å²) in [5.41, 5.74) is -0.632. The number of aromatic nitrogens is 1. The van der Waals surface area contributed by atoms with Crippen LogP contribution in [0.5, 0.6) is 0 Å². The number of benzene rings is 1. The summed E-state index contributed by atoms with van der Waals surface area (Å²) in [6.07, 6.45) is 1.31. The van der Waals surface area contributed by atoms with Crippen molar-refractivity contribution in [2.45, 2.75) is 6.92 Å². The second-order valence-corrected chi connectivity index (χ2v) is 4.67. The van der Waals surface area contributed by atoms with Crippen molar-refractivity contribution in [1.29, 1.82) is 0 Å². The maximum atomic E-state index is 13.4. The van der Waals surface area contributed by atoms with Crippen LogP contribution in [0, 0.1) is 11.6 Å². The molecule has 0 radical (unpaired) electrons. The van der Waals surface area contributed by atoms with E-state index in [9.17, 15) is 18.4 Å². The number of halogens is 2. The molecule has 0 saturated carbocycles. The number of carbonyl (C=O) groups is 1. The Balaban J connectivity index is 2.31. The number of ether oxygens (including phenoxy) is 1. The Morgan fingerprint density at radius 1 is 1.29 bits per heavy atom. The van der Waals surface area contributed by atoms with Gasteiger partial charge in [-0.1, -0.05) is 0 Å². The highest BCUT2D eigenvalue weighted by atomic mass is 19.2. The summed E-state index contributed by atoms with van der Waals surface area (Å²) in [4.78, 5) is 24.1. The molecule has 2 aromatic rings. The summed E-state index contributed by atoms with van der Waals surface area (Å²) in [5.74, 6) is -2.94. The highest BCUT2D eigenvalue weighted by Gasteiger charge is 2.24. The number of hydrogen-bond donors (Lipinski definition) is 0. The Kier molecular flexibility index (Phi) is 3.12. The van der Waals surface area contributed by atoms with Gasteiger partial charge in [0.2, 0.25) is 5.43 Å². The van der Waals surface area contributed by atoms with Crippen molar-refractivity contribution in [1.82, 2.24) is 4.68 Å². The molecule has 110 valence electrons. The number of carbonyl (C=O) groups excluding carboxylic acids is 1. The minimum atomic E-state index is -1.13. The molecule has 0 atom stereocenters. The van der Waals surface area contributed by atoms with E-state index in [2.05, 4.69) is 0 Å². The van der Waals surface area contributed by atoms with Crippen molar-refractivity contribution in [2.24, 2.45) is 0 Å². The van der Waals surface area contributed by atoms with Crippen LogP contribution in [-0.2, 0) is 4.74 Å². The average molecular weight is 294 g/mol. The Morgan fingerprint density at radius 3 is 2.57 bits per heavy atom. The van der Waals surface area contributed by atoms with Gasteiger partial charge in [0.05, 0.1) is 30.6 Å². The first-order valence-electron chi connectivity index (χ1n) is 6.49. The normalized spacial score (nSPS) is 13.6. The van der Waals surface area contributed by atoms with E-state index in [1.165, 1.54) is 10.9 Å². The monoisotopic (exact) mass is 294 g/mol. The number of fused-ring (bicyclic) bond motifs is 1. The third kappa shape index (κ3) is 2.24. The maximum Gasteiger partial charge on any atom is 0.343 e. The number of hydrogen-bond acceptors (Lipinski definition) is 4. The number of esters is 1. The summed E-state index contributed by atoms with van der Waals surface area (Å²) in [5, 5.41) is 1.73. The molecule has 0 N–H and O–H groups in total. The van der Waals surface area contributed by atoms with Gasteiger partial charge in [-0.2, -0.15) is 0 Å². The van der Waals surface area contributed by atoms with E-state index in [-0.39, 0.29) is 23.1 Å². The predicted octanol–water partition coefficient (Wildman–Crippen LogP) is 1.41. The number of rotatable bonds is 3. The van der Waals surface area contributed by atoms with E-state index in [1.54, 1.807) is 11.9 Å². The largest absolute Gasteiger partial charge is 0.462 e. The topological polar surface area (TPSA) is 51.3 Å². The lowest BCUT2D eigenvalue weighted by Crippen LogP contribution is -2.24. The first-order chi connectivity index (χ1) is 10.0. The van der Waals surface area contributed by atoms with Gasteiger partial charge in [0, 0.05) is 12.3 Å². The minimum absolute atomic E-state index is 0.0497. The van der Waals surface area contributed by atoms with Crippen LogP contribution in [0.4, 0.5) is 8.78 Å². The lowest BCUT2D eigenvalue weighted by Gasteiger charge is -2.14. The molecule has 5 nitrogen and oxygen atoms in total. The van der Waals surface area contributed by atoms with Crippen LogP contribution in [0.1, 0.15) is 17.3 Å². The molecular weight excluding hydrogens is 282 g/mol. The molecule has 0 aliphatic carbocycles. The van der Waals surface area contributed by atoms with Crippen LogP contribution in [-0.4, -0.2) is 30.3 Å². The van der Waals surface area contributed by atoms with E-state index in [0.717, 1.165) is 12.1 Å². The molecule has 1 fully saturated rings. The molecule has 1 aliphatic heterocycles. The van der Waals surface area contributed by atoms with Crippen LogP contribution in [0.15, 0.2) is 23.1 Å². The van der Waals surface area contributed by atoms with Gasteiger partial charge in [0.15, 0.2) is 11.6 Å². The zero-order valence-electron chi connectivity index (χ0n) is 11.2. The summed E-state index contributed by atoms with van der Waals surface area (Å²) in [6.45, 7) is 3.16. The highest BCUT2D eigenvalue weighted by Crippen LogP contribution is 2.19. The van der Waals surface area contributed by atoms with Crippen LogP contribution >= 0.6 is 0 Å². The van der Waals surface area contributed by atoms with Crippen molar-refractivity contribution in [2.75, 3.05) is 24.7 Å². The quantitative estimate of drug-likeness (QED) is 0.634. The molecule has 0 spiro atoms. The second-order valence-electron chi connectivity index (χ2n) is 4.67. The van der Waals surface area contributed by atoms with Crippen molar-refractivity contribution in [3.63, 3.8) is 0 Å². The molecular formula is C14H12F2N2O3. The van der Waals surface area contributed by atoms with Gasteiger partial charge in [-0.15, -0.1) is 0 Å². The van der Waals surface area contributed by atoms with Crippen molar-refractivity contribution >= 4 is 16.9 Å². The summed E-state index contributed by atoms with van der Waals surface area (Å²) in [6, 6.07) is 1.77. The summed E-state index contributed by atoms with van der Waals surface area (Å²) >= 11 is 0. The number of nitrogens with zero attached hydrogens (tertiary/aromatic N) is 2. The lowest BCUT2D eigenvalue weighted by molar-refractivity contribution is 0.0524. The molecule has 1 saturated heterocycles. The molecule has 2 heterocycles. The van der Waals surface area contributed by atoms with Gasteiger partial charge < -0.3 is 9.75 Å². The Morgan fingerprint density at radius 2 is 1.95 bits per heavy atom. The van der Waals surface area contributed by atoms with E-state index in [1.807, 2.05) is 0 Å². The van der Waals surface area contributed by atoms with Gasteiger partial charge in [0.1, 0.15) is 5.56 Å². The van der Waals surface area contributed by atoms with Gasteiger partial charge in [-0.25, -0.2) is 13.6 Å². The van der Waals surface area contributed by atoms with Gasteiger partial charge >= 0.3 is 5.97 Å². The molecule has 1 aromatic heterocycles. The fraction of sp³-hybridized carbons (Fsp3) is 0.286. The molecule has 1 aromatic carbocycles. The summed E-state index contributed by atoms with van der Waals surface area (Å²) < 4.78 is 33.1. The van der Waals surface area contributed by atoms with Gasteiger partial charge in [-0.3, -0.25) is 9.47 Å². The van der Waals surface area contributed by atoms with Crippen LogP contribution in [0.2, 0.25) is 0 Å². The third-order valence-electron chi connectivity index (χ3n) is 3.25. The zero-order valence-corrected chi connectivity index (χ0v) is 11.2. The predicted molar refractivity (Wildman–Crippen MR) is 72.0 cm³/mol. The molecule has 21 heavy (non-hydrogen) atoms. The molecule has 0 bridgehead atoms. The number of pyridine rings is 1. The zero-order chi connectivity index (χ0) is 15.1. The maximum absolute atomic E-state index is 13.4. The first-order valence-corrected chi connectivity index (χ1v) is 6.49. The molecule has 3 rings (SSSR count). The van der Waals surface area contributed by atoms with Gasteiger partial charge in [-0.05, 0) is 13.0 Å². The van der Waals surface area contributed by atoms with E-state index in [4.69, 9.17) is 4.74 Å². The van der Waals surface area contributed by atoms with Crippen LogP contribution in [0.25, 0.3) is 10.9 Å². The lowest BCUT2D eigenvalue weighted by atomic mass is 10.1. The molecule has 7 heteroatoms. The van der Waals surface area contributed by atoms with Crippen molar-refractivity contribution in [3.8, 4) is 0 Å². The second kappa shape index (κ2) is 4.83. The summed E-state index contributed by atoms with van der Waals surface area (Å²) in [7, 11) is 0. The Bertz CT molecular complexity index is 797. The van der Waals surface area contributed by atoms with Crippen molar-refractivity contribution in [3.05, 3.63) is 45.8 Å². The third-order valence-corrected chi connectivity index (χ3v) is 3.25. The fourth-order valence-corrected chi connectivity index (χ4v) is 2.15. The van der Waals surface area contributed by atoms with Crippen LogP contribution in [0.3, 0.4) is 0 Å². The fourth-order valence-electron chi connectivity index (χ4n) is 2.15. The van der Waals surface area contributed by atoms with E-state index in [0.29, 0.717) is 13.1 Å². The molecule has 0 amide bonds. The van der Waals surface area contributed by atoms with E-state index >= 15 is 0 Å². The standard InChI is InChI=1S/C14H12F2N2O3/c1-2-21-14(20)9-7-18(17-3-4-17)12-6-11(16)10(15)5-8(12)13(9)19/h5-7H,2-4H2,1H3. The SMILES string of the molecule is CCOC(=O)c1cn(N2CC2)c2cc(F)c(F)cc2c1=O. The molecule has 1 aliphatic rings. The highest BCUT2D eigenvalue weighted by molar-refractivity contribution is 5.94. The van der Waals surface area contributed by atoms with Crippen molar-refractivity contribution < 1.29 is 18.3 Å². The minimum Gasteiger partial charge on any atom is -0.462 e. The molecule has 0 unspecified atom stereocenters. The van der Waals surface area contributed by atoms with Crippen LogP contribution < -0.4 is 10.4 Å². The Labute approximate surface area is 118 Å². The Hall–Kier alpha value is -2.44.